The van der Waals surface area contributed by atoms with E-state index in [0.717, 1.165) is 16.5 Å². The molecule has 0 saturated heterocycles. The highest BCUT2D eigenvalue weighted by molar-refractivity contribution is 9.08. The normalized spacial score (nSPS) is 10.3. The first-order valence-electron chi connectivity index (χ1n) is 5.69. The Kier molecular flexibility index (Phi) is 4.61. The number of methoxy groups -OCH3 is 1. The molecule has 0 unspecified atom stereocenters. The van der Waals surface area contributed by atoms with Gasteiger partial charge in [0.1, 0.15) is 0 Å². The van der Waals surface area contributed by atoms with Crippen LogP contribution in [0.3, 0.4) is 0 Å². The molecule has 2 rings (SSSR count). The molecule has 2 aromatic rings. The number of alkyl halides is 1. The van der Waals surface area contributed by atoms with E-state index in [0.29, 0.717) is 10.6 Å². The average Bonchev–Trinajstić information content (AvgIpc) is 2.47. The molecule has 2 aromatic carbocycles. The summed E-state index contributed by atoms with van der Waals surface area (Å²) in [5, 5.41) is 1.19. The molecule has 0 aliphatic carbocycles. The van der Waals surface area contributed by atoms with Crippen LogP contribution in [0.25, 0.3) is 11.1 Å². The van der Waals surface area contributed by atoms with E-state index >= 15 is 0 Å². The lowest BCUT2D eigenvalue weighted by Gasteiger charge is -2.07. The van der Waals surface area contributed by atoms with E-state index < -0.39 is 5.97 Å². The van der Waals surface area contributed by atoms with Crippen molar-refractivity contribution in [3.8, 4) is 11.1 Å². The molecule has 0 atom stereocenters. The zero-order valence-corrected chi connectivity index (χ0v) is 12.7. The van der Waals surface area contributed by atoms with E-state index in [2.05, 4.69) is 22.0 Å². The molecule has 0 aliphatic heterocycles. The molecular weight excluding hydrogens is 328 g/mol. The molecule has 0 heterocycles. The van der Waals surface area contributed by atoms with Crippen LogP contribution in [0.1, 0.15) is 15.9 Å². The predicted molar refractivity (Wildman–Crippen MR) is 80.9 cm³/mol. The third-order valence-electron chi connectivity index (χ3n) is 2.79. The van der Waals surface area contributed by atoms with Gasteiger partial charge >= 0.3 is 5.97 Å². The van der Waals surface area contributed by atoms with Crippen LogP contribution in [0.15, 0.2) is 42.5 Å². The fraction of sp³-hybridized carbons (Fsp3) is 0.133. The summed E-state index contributed by atoms with van der Waals surface area (Å²) in [4.78, 5) is 11.6. The van der Waals surface area contributed by atoms with Crippen LogP contribution in [0.4, 0.5) is 0 Å². The van der Waals surface area contributed by atoms with Crippen LogP contribution < -0.4 is 0 Å². The third kappa shape index (κ3) is 3.17. The van der Waals surface area contributed by atoms with Crippen LogP contribution in [0.5, 0.6) is 0 Å². The number of hydrogen-bond donors (Lipinski definition) is 0. The summed E-state index contributed by atoms with van der Waals surface area (Å²) in [6, 6.07) is 13.4. The molecule has 0 amide bonds. The van der Waals surface area contributed by atoms with Gasteiger partial charge in [0, 0.05) is 5.33 Å². The van der Waals surface area contributed by atoms with Crippen molar-refractivity contribution in [3.05, 3.63) is 58.6 Å². The number of ether oxygens (including phenoxy) is 1. The van der Waals surface area contributed by atoms with Crippen molar-refractivity contribution in [2.45, 2.75) is 5.33 Å². The molecule has 0 fully saturated rings. The molecule has 98 valence electrons. The van der Waals surface area contributed by atoms with Gasteiger partial charge in [-0.05, 0) is 28.8 Å². The maximum atomic E-state index is 11.6. The van der Waals surface area contributed by atoms with Gasteiger partial charge in [0.25, 0.3) is 0 Å². The highest BCUT2D eigenvalue weighted by Gasteiger charge is 2.12. The van der Waals surface area contributed by atoms with Crippen molar-refractivity contribution in [1.29, 1.82) is 0 Å². The first-order chi connectivity index (χ1) is 9.15. The second kappa shape index (κ2) is 6.22. The van der Waals surface area contributed by atoms with E-state index in [1.165, 1.54) is 12.7 Å². The van der Waals surface area contributed by atoms with Gasteiger partial charge in [-0.15, -0.1) is 0 Å². The summed E-state index contributed by atoms with van der Waals surface area (Å²) < 4.78 is 4.72. The van der Waals surface area contributed by atoms with Gasteiger partial charge < -0.3 is 4.74 Å². The molecule has 4 heteroatoms. The standard InChI is InChI=1S/C15H12BrClO2/c1-19-15(18)13-8-12(5-6-14(13)17)11-4-2-3-10(7-11)9-16/h2-8H,9H2,1H3. The quantitative estimate of drug-likeness (QED) is 0.599. The minimum atomic E-state index is -0.427. The van der Waals surface area contributed by atoms with Gasteiger partial charge in [-0.1, -0.05) is 57.9 Å². The number of carbonyl (C=O) groups is 1. The molecule has 19 heavy (non-hydrogen) atoms. The van der Waals surface area contributed by atoms with E-state index in [4.69, 9.17) is 16.3 Å². The van der Waals surface area contributed by atoms with Gasteiger partial charge in [0.05, 0.1) is 17.7 Å². The lowest BCUT2D eigenvalue weighted by atomic mass is 10.0. The predicted octanol–water partition coefficient (Wildman–Crippen LogP) is 4.69. The van der Waals surface area contributed by atoms with Crippen LogP contribution in [-0.4, -0.2) is 13.1 Å². The summed E-state index contributed by atoms with van der Waals surface area (Å²) in [7, 11) is 1.34. The summed E-state index contributed by atoms with van der Waals surface area (Å²) >= 11 is 9.44. The van der Waals surface area contributed by atoms with Crippen molar-refractivity contribution in [3.63, 3.8) is 0 Å². The molecule has 0 N–H and O–H groups in total. The number of carbonyl (C=O) groups excluding carboxylic acids is 1. The smallest absolute Gasteiger partial charge is 0.339 e. The zero-order valence-electron chi connectivity index (χ0n) is 10.3. The Morgan fingerprint density at radius 2 is 1.95 bits per heavy atom. The monoisotopic (exact) mass is 338 g/mol. The molecular formula is C15H12BrClO2. The number of esters is 1. The van der Waals surface area contributed by atoms with Gasteiger partial charge in [0.15, 0.2) is 0 Å². The topological polar surface area (TPSA) is 26.3 Å². The Balaban J connectivity index is 2.48. The fourth-order valence-electron chi connectivity index (χ4n) is 1.81. The lowest BCUT2D eigenvalue weighted by molar-refractivity contribution is 0.0601. The third-order valence-corrected chi connectivity index (χ3v) is 3.76. The SMILES string of the molecule is COC(=O)c1cc(-c2cccc(CBr)c2)ccc1Cl. The molecule has 0 aliphatic rings. The van der Waals surface area contributed by atoms with Gasteiger partial charge in [-0.3, -0.25) is 0 Å². The fourth-order valence-corrected chi connectivity index (χ4v) is 2.35. The van der Waals surface area contributed by atoms with E-state index in [9.17, 15) is 4.79 Å². The Bertz CT molecular complexity index is 611. The van der Waals surface area contributed by atoms with E-state index in [1.54, 1.807) is 12.1 Å². The van der Waals surface area contributed by atoms with Crippen molar-refractivity contribution in [2.24, 2.45) is 0 Å². The minimum Gasteiger partial charge on any atom is -0.465 e. The maximum absolute atomic E-state index is 11.6. The average molecular weight is 340 g/mol. The van der Waals surface area contributed by atoms with Crippen molar-refractivity contribution in [2.75, 3.05) is 7.11 Å². The Hall–Kier alpha value is -1.32. The van der Waals surface area contributed by atoms with E-state index in [-0.39, 0.29) is 0 Å². The maximum Gasteiger partial charge on any atom is 0.339 e. The summed E-state index contributed by atoms with van der Waals surface area (Å²) in [5.74, 6) is -0.427. The molecule has 0 radical (unpaired) electrons. The minimum absolute atomic E-state index is 0.380. The Morgan fingerprint density at radius 3 is 2.63 bits per heavy atom. The van der Waals surface area contributed by atoms with Gasteiger partial charge in [-0.2, -0.15) is 0 Å². The first kappa shape index (κ1) is 14.1. The molecule has 0 spiro atoms. The van der Waals surface area contributed by atoms with Crippen molar-refractivity contribution >= 4 is 33.5 Å². The molecule has 0 saturated carbocycles. The van der Waals surface area contributed by atoms with Crippen molar-refractivity contribution < 1.29 is 9.53 Å². The van der Waals surface area contributed by atoms with Crippen LogP contribution in [0, 0.1) is 0 Å². The van der Waals surface area contributed by atoms with Crippen LogP contribution in [-0.2, 0) is 10.1 Å². The molecule has 0 bridgehead atoms. The molecule has 2 nitrogen and oxygen atoms in total. The number of rotatable bonds is 3. The molecule has 0 aromatic heterocycles. The number of hydrogen-bond acceptors (Lipinski definition) is 2. The number of benzene rings is 2. The second-order valence-electron chi connectivity index (χ2n) is 4.02. The highest BCUT2D eigenvalue weighted by Crippen LogP contribution is 2.26. The highest BCUT2D eigenvalue weighted by atomic mass is 79.9. The largest absolute Gasteiger partial charge is 0.465 e. The number of halogens is 2. The lowest BCUT2D eigenvalue weighted by Crippen LogP contribution is -2.02. The van der Waals surface area contributed by atoms with E-state index in [1.807, 2.05) is 24.3 Å². The Morgan fingerprint density at radius 1 is 1.21 bits per heavy atom. The van der Waals surface area contributed by atoms with Gasteiger partial charge in [0.2, 0.25) is 0 Å². The second-order valence-corrected chi connectivity index (χ2v) is 4.99. The zero-order chi connectivity index (χ0) is 13.8. The Labute approximate surface area is 125 Å². The summed E-state index contributed by atoms with van der Waals surface area (Å²) in [5.41, 5.74) is 3.53. The van der Waals surface area contributed by atoms with Crippen LogP contribution >= 0.6 is 27.5 Å². The summed E-state index contributed by atoms with van der Waals surface area (Å²) in [6.45, 7) is 0. The first-order valence-corrected chi connectivity index (χ1v) is 7.19. The summed E-state index contributed by atoms with van der Waals surface area (Å²) in [6.07, 6.45) is 0. The van der Waals surface area contributed by atoms with Gasteiger partial charge in [-0.25, -0.2) is 4.79 Å². The van der Waals surface area contributed by atoms with Crippen LogP contribution in [0.2, 0.25) is 5.02 Å². The van der Waals surface area contributed by atoms with Crippen molar-refractivity contribution in [1.82, 2.24) is 0 Å².